The highest BCUT2D eigenvalue weighted by Crippen LogP contribution is 2.20. The quantitative estimate of drug-likeness (QED) is 0.613. The van der Waals surface area contributed by atoms with Crippen LogP contribution in [0.15, 0.2) is 12.7 Å². The first kappa shape index (κ1) is 14.2. The lowest BCUT2D eigenvalue weighted by atomic mass is 10.2. The van der Waals surface area contributed by atoms with Gasteiger partial charge in [0.05, 0.1) is 5.69 Å². The summed E-state index contributed by atoms with van der Waals surface area (Å²) in [6.07, 6.45) is 3.52. The number of aromatic nitrogens is 3. The summed E-state index contributed by atoms with van der Waals surface area (Å²) in [6.45, 7) is 6.99. The Morgan fingerprint density at radius 1 is 1.60 bits per heavy atom. The highest BCUT2D eigenvalue weighted by atomic mass is 16.5. The van der Waals surface area contributed by atoms with Gasteiger partial charge in [-0.2, -0.15) is 0 Å². The van der Waals surface area contributed by atoms with Crippen LogP contribution >= 0.6 is 0 Å². The number of carbonyl (C=O) groups is 2. The Bertz CT molecular complexity index is 534. The Morgan fingerprint density at radius 2 is 2.30 bits per heavy atom. The van der Waals surface area contributed by atoms with Crippen LogP contribution in [0.25, 0.3) is 0 Å². The van der Waals surface area contributed by atoms with Crippen LogP contribution in [0.2, 0.25) is 0 Å². The molecule has 1 atom stereocenters. The second-order valence-corrected chi connectivity index (χ2v) is 4.81. The Kier molecular flexibility index (Phi) is 4.16. The number of nitrogens with one attached hydrogen (secondary N) is 1. The maximum Gasteiger partial charge on any atom is 0.361 e. The molecular formula is C13H18N4O3. The predicted molar refractivity (Wildman–Crippen MR) is 71.1 cm³/mol. The van der Waals surface area contributed by atoms with E-state index in [4.69, 9.17) is 4.74 Å². The molecule has 1 aliphatic carbocycles. The van der Waals surface area contributed by atoms with Crippen molar-refractivity contribution in [1.29, 1.82) is 0 Å². The van der Waals surface area contributed by atoms with E-state index in [1.54, 1.807) is 13.8 Å². The highest BCUT2D eigenvalue weighted by Gasteiger charge is 2.28. The second kappa shape index (κ2) is 5.85. The lowest BCUT2D eigenvalue weighted by Gasteiger charge is -2.13. The minimum atomic E-state index is -0.566. The van der Waals surface area contributed by atoms with Crippen molar-refractivity contribution >= 4 is 11.9 Å². The Labute approximate surface area is 117 Å². The van der Waals surface area contributed by atoms with Crippen molar-refractivity contribution in [1.82, 2.24) is 20.3 Å². The zero-order chi connectivity index (χ0) is 14.7. The number of ether oxygens (including phenoxy) is 1. The molecule has 1 aromatic rings. The standard InChI is InChI=1S/C13H18N4O3/c1-4-7-20-13(19)11-8(2)17(16-15-11)9(3)12(18)14-10-5-6-10/h4,9-10H,1,5-7H2,2-3H3,(H,14,18). The summed E-state index contributed by atoms with van der Waals surface area (Å²) in [7, 11) is 0. The minimum Gasteiger partial charge on any atom is -0.457 e. The van der Waals surface area contributed by atoms with Gasteiger partial charge in [-0.05, 0) is 26.7 Å². The Morgan fingerprint density at radius 3 is 2.90 bits per heavy atom. The topological polar surface area (TPSA) is 86.1 Å². The number of hydrogen-bond acceptors (Lipinski definition) is 5. The fourth-order valence-corrected chi connectivity index (χ4v) is 1.76. The van der Waals surface area contributed by atoms with E-state index in [0.29, 0.717) is 5.69 Å². The summed E-state index contributed by atoms with van der Waals surface area (Å²) < 4.78 is 6.35. The molecule has 0 aliphatic heterocycles. The summed E-state index contributed by atoms with van der Waals surface area (Å²) in [5.74, 6) is -0.685. The van der Waals surface area contributed by atoms with Crippen molar-refractivity contribution < 1.29 is 14.3 Å². The van der Waals surface area contributed by atoms with E-state index >= 15 is 0 Å². The van der Waals surface area contributed by atoms with Crippen molar-refractivity contribution in [3.05, 3.63) is 24.0 Å². The van der Waals surface area contributed by atoms with Gasteiger partial charge in [0.2, 0.25) is 5.91 Å². The van der Waals surface area contributed by atoms with Crippen molar-refractivity contribution in [2.45, 2.75) is 38.8 Å². The summed E-state index contributed by atoms with van der Waals surface area (Å²) in [6, 6.07) is -0.227. The van der Waals surface area contributed by atoms with E-state index in [-0.39, 0.29) is 24.2 Å². The molecule has 0 radical (unpaired) electrons. The fourth-order valence-electron chi connectivity index (χ4n) is 1.76. The van der Waals surface area contributed by atoms with Gasteiger partial charge in [0, 0.05) is 6.04 Å². The average Bonchev–Trinajstić information content (AvgIpc) is 3.15. The first-order valence-corrected chi connectivity index (χ1v) is 6.54. The van der Waals surface area contributed by atoms with Gasteiger partial charge in [0.25, 0.3) is 0 Å². The zero-order valence-corrected chi connectivity index (χ0v) is 11.6. The number of rotatable bonds is 6. The molecule has 1 aliphatic rings. The van der Waals surface area contributed by atoms with Gasteiger partial charge >= 0.3 is 5.97 Å². The summed E-state index contributed by atoms with van der Waals surface area (Å²) in [5.41, 5.74) is 0.635. The first-order valence-electron chi connectivity index (χ1n) is 6.54. The molecule has 108 valence electrons. The maximum atomic E-state index is 12.0. The minimum absolute atomic E-state index is 0.114. The normalized spacial score (nSPS) is 15.5. The molecule has 1 N–H and O–H groups in total. The fraction of sp³-hybridized carbons (Fsp3) is 0.538. The van der Waals surface area contributed by atoms with E-state index in [0.717, 1.165) is 12.8 Å². The average molecular weight is 278 g/mol. The van der Waals surface area contributed by atoms with E-state index in [1.807, 2.05) is 0 Å². The van der Waals surface area contributed by atoms with Crippen LogP contribution in [0.1, 0.15) is 42.0 Å². The SMILES string of the molecule is C=CCOC(=O)c1nnn(C(C)C(=O)NC2CC2)c1C. The molecule has 1 fully saturated rings. The third-order valence-corrected chi connectivity index (χ3v) is 3.12. The van der Waals surface area contributed by atoms with Crippen LogP contribution in [0.4, 0.5) is 0 Å². The molecule has 1 heterocycles. The van der Waals surface area contributed by atoms with Crippen molar-refractivity contribution in [3.63, 3.8) is 0 Å². The third kappa shape index (κ3) is 3.04. The molecule has 0 aromatic carbocycles. The summed E-state index contributed by atoms with van der Waals surface area (Å²) in [5, 5.41) is 10.6. The first-order chi connectivity index (χ1) is 9.54. The molecule has 1 amide bonds. The number of amides is 1. The summed E-state index contributed by atoms with van der Waals surface area (Å²) >= 11 is 0. The number of nitrogens with zero attached hydrogens (tertiary/aromatic N) is 3. The van der Waals surface area contributed by atoms with E-state index in [1.165, 1.54) is 10.8 Å². The molecule has 1 unspecified atom stereocenters. The zero-order valence-electron chi connectivity index (χ0n) is 11.6. The molecule has 7 nitrogen and oxygen atoms in total. The lowest BCUT2D eigenvalue weighted by Crippen LogP contribution is -2.33. The molecule has 1 saturated carbocycles. The van der Waals surface area contributed by atoms with E-state index in [2.05, 4.69) is 22.2 Å². The van der Waals surface area contributed by atoms with E-state index in [9.17, 15) is 9.59 Å². The molecular weight excluding hydrogens is 260 g/mol. The second-order valence-electron chi connectivity index (χ2n) is 4.81. The van der Waals surface area contributed by atoms with Gasteiger partial charge in [-0.3, -0.25) is 4.79 Å². The lowest BCUT2D eigenvalue weighted by molar-refractivity contribution is -0.124. The molecule has 0 saturated heterocycles. The van der Waals surface area contributed by atoms with Gasteiger partial charge in [-0.15, -0.1) is 5.10 Å². The van der Waals surface area contributed by atoms with E-state index < -0.39 is 12.0 Å². The number of carbonyl (C=O) groups excluding carboxylic acids is 2. The van der Waals surface area contributed by atoms with Gasteiger partial charge < -0.3 is 10.1 Å². The monoisotopic (exact) mass is 278 g/mol. The molecule has 20 heavy (non-hydrogen) atoms. The van der Waals surface area contributed by atoms with Crippen molar-refractivity contribution in [2.24, 2.45) is 0 Å². The van der Waals surface area contributed by atoms with Crippen LogP contribution in [0.5, 0.6) is 0 Å². The van der Waals surface area contributed by atoms with Crippen LogP contribution < -0.4 is 5.32 Å². The smallest absolute Gasteiger partial charge is 0.361 e. The maximum absolute atomic E-state index is 12.0. The van der Waals surface area contributed by atoms with Crippen molar-refractivity contribution in [3.8, 4) is 0 Å². The predicted octanol–water partition coefficient (Wildman–Crippen LogP) is 0.769. The van der Waals surface area contributed by atoms with Crippen LogP contribution in [0.3, 0.4) is 0 Å². The number of hydrogen-bond donors (Lipinski definition) is 1. The Hall–Kier alpha value is -2.18. The van der Waals surface area contributed by atoms with Crippen molar-refractivity contribution in [2.75, 3.05) is 6.61 Å². The highest BCUT2D eigenvalue weighted by molar-refractivity contribution is 5.88. The van der Waals surface area contributed by atoms with Gasteiger partial charge in [0.1, 0.15) is 12.6 Å². The van der Waals surface area contributed by atoms with Gasteiger partial charge in [-0.25, -0.2) is 9.48 Å². The van der Waals surface area contributed by atoms with Gasteiger partial charge in [-0.1, -0.05) is 17.9 Å². The third-order valence-electron chi connectivity index (χ3n) is 3.12. The summed E-state index contributed by atoms with van der Waals surface area (Å²) in [4.78, 5) is 23.7. The molecule has 2 rings (SSSR count). The largest absolute Gasteiger partial charge is 0.457 e. The van der Waals surface area contributed by atoms with Gasteiger partial charge in [0.15, 0.2) is 5.69 Å². The molecule has 0 bridgehead atoms. The molecule has 7 heteroatoms. The number of esters is 1. The van der Waals surface area contributed by atoms with Crippen LogP contribution in [0, 0.1) is 6.92 Å². The van der Waals surface area contributed by atoms with Crippen LogP contribution in [-0.4, -0.2) is 39.5 Å². The Balaban J connectivity index is 2.08. The van der Waals surface area contributed by atoms with Crippen LogP contribution in [-0.2, 0) is 9.53 Å². The molecule has 1 aromatic heterocycles. The molecule has 0 spiro atoms.